The first-order chi connectivity index (χ1) is 6.72. The largest absolute Gasteiger partial charge is 0.397 e. The number of aromatic nitrogens is 1. The Kier molecular flexibility index (Phi) is 4.76. The van der Waals surface area contributed by atoms with Crippen molar-refractivity contribution in [2.45, 2.75) is 23.6 Å². The number of thioether (sulfide) groups is 1. The van der Waals surface area contributed by atoms with E-state index in [1.807, 2.05) is 12.1 Å². The van der Waals surface area contributed by atoms with Crippen molar-refractivity contribution in [2.75, 3.05) is 19.5 Å². The number of pyridine rings is 1. The van der Waals surface area contributed by atoms with E-state index in [0.717, 1.165) is 18.1 Å². The van der Waals surface area contributed by atoms with Crippen molar-refractivity contribution in [3.8, 4) is 0 Å². The molecule has 1 atom stereocenters. The molecule has 0 saturated carbocycles. The van der Waals surface area contributed by atoms with Gasteiger partial charge in [-0.15, -0.1) is 11.8 Å². The van der Waals surface area contributed by atoms with Crippen LogP contribution in [-0.2, 0) is 4.74 Å². The van der Waals surface area contributed by atoms with Crippen LogP contribution in [0.1, 0.15) is 13.3 Å². The minimum absolute atomic E-state index is 0.520. The molecule has 1 aromatic heterocycles. The van der Waals surface area contributed by atoms with Gasteiger partial charge in [0.25, 0.3) is 0 Å². The van der Waals surface area contributed by atoms with Crippen LogP contribution in [0.25, 0.3) is 0 Å². The summed E-state index contributed by atoms with van der Waals surface area (Å²) in [5, 5.41) is 1.54. The number of nitrogens with two attached hydrogens (primary N) is 1. The molecule has 0 aliphatic rings. The van der Waals surface area contributed by atoms with E-state index in [0.29, 0.717) is 10.9 Å². The summed E-state index contributed by atoms with van der Waals surface area (Å²) in [6.07, 6.45) is 2.72. The fourth-order valence-corrected chi connectivity index (χ4v) is 1.90. The van der Waals surface area contributed by atoms with Gasteiger partial charge in [0.15, 0.2) is 0 Å². The lowest BCUT2D eigenvalue weighted by molar-refractivity contribution is 0.195. The van der Waals surface area contributed by atoms with Gasteiger partial charge in [-0.05, 0) is 18.6 Å². The Hall–Kier alpha value is -0.740. The number of anilines is 1. The van der Waals surface area contributed by atoms with Gasteiger partial charge in [0.2, 0.25) is 0 Å². The molecule has 0 bridgehead atoms. The van der Waals surface area contributed by atoms with Crippen molar-refractivity contribution in [2.24, 2.45) is 0 Å². The third-order valence-corrected chi connectivity index (χ3v) is 2.93. The molecular formula is C10H16N2OS. The predicted octanol–water partition coefficient (Wildman–Crippen LogP) is 2.18. The summed E-state index contributed by atoms with van der Waals surface area (Å²) in [5.74, 6) is 0. The van der Waals surface area contributed by atoms with Crippen LogP contribution in [0.2, 0.25) is 0 Å². The van der Waals surface area contributed by atoms with Crippen LogP contribution in [0.15, 0.2) is 23.4 Å². The molecule has 1 unspecified atom stereocenters. The van der Waals surface area contributed by atoms with E-state index in [-0.39, 0.29) is 0 Å². The number of nitrogens with zero attached hydrogens (tertiary/aromatic N) is 1. The highest BCUT2D eigenvalue weighted by Crippen LogP contribution is 2.23. The van der Waals surface area contributed by atoms with Crippen molar-refractivity contribution < 1.29 is 4.74 Å². The van der Waals surface area contributed by atoms with Crippen LogP contribution in [0, 0.1) is 0 Å². The van der Waals surface area contributed by atoms with Crippen LogP contribution in [0.3, 0.4) is 0 Å². The van der Waals surface area contributed by atoms with E-state index in [2.05, 4.69) is 11.9 Å². The fourth-order valence-electron chi connectivity index (χ4n) is 1.01. The average Bonchev–Trinajstić information content (AvgIpc) is 2.18. The van der Waals surface area contributed by atoms with Gasteiger partial charge in [0.1, 0.15) is 0 Å². The van der Waals surface area contributed by atoms with Gasteiger partial charge in [-0.2, -0.15) is 0 Å². The molecule has 0 radical (unpaired) electrons. The van der Waals surface area contributed by atoms with Crippen LogP contribution in [-0.4, -0.2) is 24.0 Å². The topological polar surface area (TPSA) is 48.1 Å². The quantitative estimate of drug-likeness (QED) is 0.760. The first-order valence-electron chi connectivity index (χ1n) is 4.59. The Morgan fingerprint density at radius 3 is 2.93 bits per heavy atom. The van der Waals surface area contributed by atoms with Crippen molar-refractivity contribution in [3.63, 3.8) is 0 Å². The average molecular weight is 212 g/mol. The summed E-state index contributed by atoms with van der Waals surface area (Å²) in [6, 6.07) is 3.82. The van der Waals surface area contributed by atoms with E-state index >= 15 is 0 Å². The zero-order valence-electron chi connectivity index (χ0n) is 8.56. The van der Waals surface area contributed by atoms with Crippen LogP contribution >= 0.6 is 11.8 Å². The Morgan fingerprint density at radius 2 is 2.36 bits per heavy atom. The van der Waals surface area contributed by atoms with E-state index in [1.54, 1.807) is 25.1 Å². The van der Waals surface area contributed by atoms with Crippen molar-refractivity contribution in [1.29, 1.82) is 0 Å². The van der Waals surface area contributed by atoms with Crippen LogP contribution in [0.5, 0.6) is 0 Å². The highest BCUT2D eigenvalue weighted by molar-refractivity contribution is 7.99. The zero-order valence-corrected chi connectivity index (χ0v) is 9.38. The molecule has 14 heavy (non-hydrogen) atoms. The van der Waals surface area contributed by atoms with E-state index in [1.165, 1.54) is 0 Å². The van der Waals surface area contributed by atoms with Gasteiger partial charge in [0, 0.05) is 19.0 Å². The van der Waals surface area contributed by atoms with Crippen molar-refractivity contribution in [3.05, 3.63) is 18.3 Å². The molecule has 0 aromatic carbocycles. The lowest BCUT2D eigenvalue weighted by Crippen LogP contribution is -2.01. The number of rotatable bonds is 5. The van der Waals surface area contributed by atoms with E-state index in [4.69, 9.17) is 10.5 Å². The summed E-state index contributed by atoms with van der Waals surface area (Å²) in [4.78, 5) is 4.22. The van der Waals surface area contributed by atoms with Crippen molar-refractivity contribution >= 4 is 17.4 Å². The molecule has 78 valence electrons. The molecule has 1 heterocycles. The molecule has 0 aliphatic heterocycles. The van der Waals surface area contributed by atoms with Gasteiger partial charge in [0.05, 0.1) is 16.9 Å². The monoisotopic (exact) mass is 212 g/mol. The maximum absolute atomic E-state index is 5.55. The molecule has 0 amide bonds. The van der Waals surface area contributed by atoms with Gasteiger partial charge in [-0.1, -0.05) is 6.92 Å². The molecule has 3 nitrogen and oxygen atoms in total. The second kappa shape index (κ2) is 5.88. The Morgan fingerprint density at radius 1 is 1.57 bits per heavy atom. The second-order valence-corrected chi connectivity index (χ2v) is 4.60. The summed E-state index contributed by atoms with van der Waals surface area (Å²) >= 11 is 1.75. The lowest BCUT2D eigenvalue weighted by Gasteiger charge is -2.09. The molecule has 0 saturated heterocycles. The Balaban J connectivity index is 2.39. The SMILES string of the molecule is COCCC(C)Sc1ccc(N)cn1. The summed E-state index contributed by atoms with van der Waals surface area (Å²) in [6.45, 7) is 2.96. The maximum Gasteiger partial charge on any atom is 0.0964 e. The van der Waals surface area contributed by atoms with Crippen LogP contribution in [0.4, 0.5) is 5.69 Å². The van der Waals surface area contributed by atoms with Gasteiger partial charge in [-0.3, -0.25) is 0 Å². The molecule has 4 heteroatoms. The predicted molar refractivity (Wildman–Crippen MR) is 60.5 cm³/mol. The molecule has 1 aromatic rings. The number of hydrogen-bond acceptors (Lipinski definition) is 4. The van der Waals surface area contributed by atoms with E-state index < -0.39 is 0 Å². The van der Waals surface area contributed by atoms with Gasteiger partial charge in [-0.25, -0.2) is 4.98 Å². The molecule has 2 N–H and O–H groups in total. The highest BCUT2D eigenvalue weighted by atomic mass is 32.2. The first-order valence-corrected chi connectivity index (χ1v) is 5.47. The smallest absolute Gasteiger partial charge is 0.0964 e. The fraction of sp³-hybridized carbons (Fsp3) is 0.500. The molecule has 0 fully saturated rings. The zero-order chi connectivity index (χ0) is 10.4. The van der Waals surface area contributed by atoms with Gasteiger partial charge >= 0.3 is 0 Å². The normalized spacial score (nSPS) is 12.7. The van der Waals surface area contributed by atoms with Gasteiger partial charge < -0.3 is 10.5 Å². The van der Waals surface area contributed by atoms with Crippen molar-refractivity contribution in [1.82, 2.24) is 4.98 Å². The summed E-state index contributed by atoms with van der Waals surface area (Å²) in [7, 11) is 1.72. The first kappa shape index (κ1) is 11.3. The maximum atomic E-state index is 5.55. The number of methoxy groups -OCH3 is 1. The minimum atomic E-state index is 0.520. The third-order valence-electron chi connectivity index (χ3n) is 1.81. The summed E-state index contributed by atoms with van der Waals surface area (Å²) in [5.41, 5.74) is 6.25. The standard InChI is InChI=1S/C10H16N2OS/c1-8(5-6-13-2)14-10-4-3-9(11)7-12-10/h3-4,7-8H,5-6,11H2,1-2H3. The number of ether oxygens (including phenoxy) is 1. The number of nitrogen functional groups attached to an aromatic ring is 1. The molecule has 1 rings (SSSR count). The molecular weight excluding hydrogens is 196 g/mol. The third kappa shape index (κ3) is 3.98. The molecule has 0 spiro atoms. The summed E-state index contributed by atoms with van der Waals surface area (Å²) < 4.78 is 5.02. The Labute approximate surface area is 89.1 Å². The lowest BCUT2D eigenvalue weighted by atomic mass is 10.3. The highest BCUT2D eigenvalue weighted by Gasteiger charge is 2.04. The number of hydrogen-bond donors (Lipinski definition) is 1. The van der Waals surface area contributed by atoms with Crippen LogP contribution < -0.4 is 5.73 Å². The second-order valence-electron chi connectivity index (χ2n) is 3.14. The van der Waals surface area contributed by atoms with E-state index in [9.17, 15) is 0 Å². The minimum Gasteiger partial charge on any atom is -0.397 e. The Bertz CT molecular complexity index is 263. The molecule has 0 aliphatic carbocycles.